The third-order valence-corrected chi connectivity index (χ3v) is 6.36. The monoisotopic (exact) mass is 491 g/mol. The van der Waals surface area contributed by atoms with Crippen molar-refractivity contribution >= 4 is 55.7 Å². The van der Waals surface area contributed by atoms with Crippen LogP contribution >= 0.6 is 22.7 Å². The van der Waals surface area contributed by atoms with Crippen molar-refractivity contribution in [1.29, 1.82) is 0 Å². The van der Waals surface area contributed by atoms with Crippen LogP contribution in [0.25, 0.3) is 10.2 Å². The molecule has 3 aromatic rings. The van der Waals surface area contributed by atoms with E-state index in [1.807, 2.05) is 19.2 Å². The standard InChI is InChI=1S/C22H25N3O6S2/c1-4-30-22(29)18-14(9-13(2)3)11-33-20(18)24-16(26)10-31-17(27)5-7-25-12-23-19-15(21(25)28)6-8-32-19/h6,8,11-13H,4-5,7,9-10H2,1-3H3,(H,24,26). The molecule has 3 heterocycles. The molecular weight excluding hydrogens is 466 g/mol. The number of ether oxygens (including phenoxy) is 2. The van der Waals surface area contributed by atoms with Gasteiger partial charge in [-0.05, 0) is 41.7 Å². The Hall–Kier alpha value is -3.05. The quantitative estimate of drug-likeness (QED) is 0.432. The van der Waals surface area contributed by atoms with Gasteiger partial charge in [-0.2, -0.15) is 0 Å². The van der Waals surface area contributed by atoms with Gasteiger partial charge in [-0.15, -0.1) is 22.7 Å². The van der Waals surface area contributed by atoms with Gasteiger partial charge in [-0.1, -0.05) is 13.8 Å². The molecule has 11 heteroatoms. The van der Waals surface area contributed by atoms with Crippen molar-refractivity contribution in [2.75, 3.05) is 18.5 Å². The van der Waals surface area contributed by atoms with Crippen molar-refractivity contribution in [3.63, 3.8) is 0 Å². The van der Waals surface area contributed by atoms with E-state index in [1.54, 1.807) is 18.4 Å². The highest BCUT2D eigenvalue weighted by atomic mass is 32.1. The van der Waals surface area contributed by atoms with Gasteiger partial charge < -0.3 is 14.8 Å². The summed E-state index contributed by atoms with van der Waals surface area (Å²) in [7, 11) is 0. The molecule has 1 N–H and O–H groups in total. The van der Waals surface area contributed by atoms with Crippen LogP contribution in [-0.2, 0) is 32.0 Å². The SMILES string of the molecule is CCOC(=O)c1c(CC(C)C)csc1NC(=O)COC(=O)CCn1cnc2sccc2c1=O. The second kappa shape index (κ2) is 11.2. The lowest BCUT2D eigenvalue weighted by molar-refractivity contribution is -0.147. The van der Waals surface area contributed by atoms with Gasteiger partial charge in [0.2, 0.25) is 0 Å². The van der Waals surface area contributed by atoms with Crippen molar-refractivity contribution in [3.8, 4) is 0 Å². The zero-order valence-electron chi connectivity index (χ0n) is 18.6. The molecule has 9 nitrogen and oxygen atoms in total. The molecule has 0 radical (unpaired) electrons. The molecule has 0 aliphatic rings. The lowest BCUT2D eigenvalue weighted by Crippen LogP contribution is -2.24. The van der Waals surface area contributed by atoms with E-state index >= 15 is 0 Å². The number of aromatic nitrogens is 2. The van der Waals surface area contributed by atoms with E-state index in [-0.39, 0.29) is 25.1 Å². The second-order valence-corrected chi connectivity index (χ2v) is 9.40. The zero-order chi connectivity index (χ0) is 24.0. The van der Waals surface area contributed by atoms with Crippen LogP contribution in [0.15, 0.2) is 27.9 Å². The highest BCUT2D eigenvalue weighted by Gasteiger charge is 2.22. The molecule has 176 valence electrons. The molecule has 0 aromatic carbocycles. The lowest BCUT2D eigenvalue weighted by atomic mass is 10.0. The van der Waals surface area contributed by atoms with E-state index in [0.717, 1.165) is 5.56 Å². The number of amides is 1. The number of nitrogens with one attached hydrogen (secondary N) is 1. The number of esters is 2. The molecule has 3 rings (SSSR count). The fourth-order valence-electron chi connectivity index (χ4n) is 3.15. The first-order valence-electron chi connectivity index (χ1n) is 10.5. The van der Waals surface area contributed by atoms with Gasteiger partial charge >= 0.3 is 11.9 Å². The fourth-order valence-corrected chi connectivity index (χ4v) is 4.85. The molecule has 0 bridgehead atoms. The van der Waals surface area contributed by atoms with E-state index in [4.69, 9.17) is 9.47 Å². The number of nitrogens with zero attached hydrogens (tertiary/aromatic N) is 2. The van der Waals surface area contributed by atoms with E-state index in [2.05, 4.69) is 10.3 Å². The van der Waals surface area contributed by atoms with Gasteiger partial charge in [-0.25, -0.2) is 9.78 Å². The Morgan fingerprint density at radius 2 is 2.00 bits per heavy atom. The highest BCUT2D eigenvalue weighted by Crippen LogP contribution is 2.31. The van der Waals surface area contributed by atoms with Crippen molar-refractivity contribution in [2.24, 2.45) is 5.92 Å². The summed E-state index contributed by atoms with van der Waals surface area (Å²) < 4.78 is 11.5. The number of hydrogen-bond acceptors (Lipinski definition) is 9. The Bertz CT molecular complexity index is 1210. The molecule has 0 saturated carbocycles. The van der Waals surface area contributed by atoms with Gasteiger partial charge in [0.05, 0.1) is 30.3 Å². The van der Waals surface area contributed by atoms with Crippen LogP contribution in [0.3, 0.4) is 0 Å². The number of rotatable bonds is 10. The van der Waals surface area contributed by atoms with Crippen LogP contribution in [0.5, 0.6) is 0 Å². The second-order valence-electron chi connectivity index (χ2n) is 7.62. The van der Waals surface area contributed by atoms with Gasteiger partial charge in [-0.3, -0.25) is 19.0 Å². The molecule has 0 saturated heterocycles. The number of fused-ring (bicyclic) bond motifs is 1. The van der Waals surface area contributed by atoms with Crippen LogP contribution in [0.4, 0.5) is 5.00 Å². The van der Waals surface area contributed by atoms with Gasteiger partial charge in [0, 0.05) is 6.54 Å². The summed E-state index contributed by atoms with van der Waals surface area (Å²) >= 11 is 2.60. The van der Waals surface area contributed by atoms with Crippen LogP contribution in [0.2, 0.25) is 0 Å². The molecule has 0 spiro atoms. The van der Waals surface area contributed by atoms with Gasteiger partial charge in [0.25, 0.3) is 11.5 Å². The molecule has 0 fully saturated rings. The predicted molar refractivity (Wildman–Crippen MR) is 127 cm³/mol. The van der Waals surface area contributed by atoms with Crippen molar-refractivity contribution in [2.45, 2.75) is 40.2 Å². The summed E-state index contributed by atoms with van der Waals surface area (Å²) in [5.41, 5.74) is 0.918. The molecule has 0 aliphatic carbocycles. The summed E-state index contributed by atoms with van der Waals surface area (Å²) in [4.78, 5) is 54.0. The van der Waals surface area contributed by atoms with E-state index in [1.165, 1.54) is 33.6 Å². The number of carbonyl (C=O) groups is 3. The van der Waals surface area contributed by atoms with E-state index < -0.39 is 24.5 Å². The number of carbonyl (C=O) groups excluding carboxylic acids is 3. The Kier molecular flexibility index (Phi) is 8.34. The summed E-state index contributed by atoms with van der Waals surface area (Å²) in [6, 6.07) is 1.69. The molecule has 3 aromatic heterocycles. The third-order valence-electron chi connectivity index (χ3n) is 4.60. The highest BCUT2D eigenvalue weighted by molar-refractivity contribution is 7.16. The maximum atomic E-state index is 12.4. The van der Waals surface area contributed by atoms with Crippen LogP contribution < -0.4 is 10.9 Å². The average molecular weight is 492 g/mol. The smallest absolute Gasteiger partial charge is 0.341 e. The number of thiophene rings is 2. The van der Waals surface area contributed by atoms with Gasteiger partial charge in [0.15, 0.2) is 6.61 Å². The third kappa shape index (κ3) is 6.26. The lowest BCUT2D eigenvalue weighted by Gasteiger charge is -2.10. The Balaban J connectivity index is 1.55. The number of hydrogen-bond donors (Lipinski definition) is 1. The summed E-state index contributed by atoms with van der Waals surface area (Å²) in [5, 5.41) is 7.11. The Morgan fingerprint density at radius 1 is 1.21 bits per heavy atom. The normalized spacial score (nSPS) is 11.0. The minimum atomic E-state index is -0.625. The number of aryl methyl sites for hydroxylation is 1. The van der Waals surface area contributed by atoms with Crippen LogP contribution in [-0.4, -0.2) is 40.6 Å². The minimum absolute atomic E-state index is 0.0872. The summed E-state index contributed by atoms with van der Waals surface area (Å²) in [6.45, 7) is 5.59. The molecule has 33 heavy (non-hydrogen) atoms. The van der Waals surface area contributed by atoms with E-state index in [9.17, 15) is 19.2 Å². The van der Waals surface area contributed by atoms with Gasteiger partial charge in [0.1, 0.15) is 9.83 Å². The van der Waals surface area contributed by atoms with Crippen molar-refractivity contribution < 1.29 is 23.9 Å². The first-order chi connectivity index (χ1) is 15.8. The molecule has 0 aliphatic heterocycles. The molecular formula is C22H25N3O6S2. The largest absolute Gasteiger partial charge is 0.462 e. The minimum Gasteiger partial charge on any atom is -0.462 e. The average Bonchev–Trinajstić information content (AvgIpc) is 3.39. The molecule has 0 atom stereocenters. The van der Waals surface area contributed by atoms with Crippen LogP contribution in [0, 0.1) is 5.92 Å². The maximum Gasteiger partial charge on any atom is 0.341 e. The first-order valence-corrected chi connectivity index (χ1v) is 12.2. The Labute approximate surface area is 198 Å². The van der Waals surface area contributed by atoms with Crippen LogP contribution in [0.1, 0.15) is 43.1 Å². The zero-order valence-corrected chi connectivity index (χ0v) is 20.2. The van der Waals surface area contributed by atoms with E-state index in [0.29, 0.717) is 33.1 Å². The summed E-state index contributed by atoms with van der Waals surface area (Å²) in [6.07, 6.45) is 1.97. The fraction of sp³-hybridized carbons (Fsp3) is 0.409. The maximum absolute atomic E-state index is 12.4. The molecule has 0 unspecified atom stereocenters. The molecule has 1 amide bonds. The summed E-state index contributed by atoms with van der Waals surface area (Å²) in [5.74, 6) is -1.37. The number of anilines is 1. The topological polar surface area (TPSA) is 117 Å². The predicted octanol–water partition coefficient (Wildman–Crippen LogP) is 3.47. The Morgan fingerprint density at radius 3 is 2.73 bits per heavy atom. The van der Waals surface area contributed by atoms with Crippen molar-refractivity contribution in [3.05, 3.63) is 44.6 Å². The first kappa shape index (κ1) is 24.6. The van der Waals surface area contributed by atoms with Crippen molar-refractivity contribution in [1.82, 2.24) is 9.55 Å².